The Morgan fingerprint density at radius 1 is 1.14 bits per heavy atom. The lowest BCUT2D eigenvalue weighted by Gasteiger charge is -2.35. The zero-order chi connectivity index (χ0) is 20.9. The van der Waals surface area contributed by atoms with Crippen LogP contribution in [0.4, 0.5) is 9.18 Å². The van der Waals surface area contributed by atoms with E-state index < -0.39 is 15.8 Å². The van der Waals surface area contributed by atoms with E-state index in [-0.39, 0.29) is 23.0 Å². The average molecular weight is 426 g/mol. The molecular weight excluding hydrogens is 393 g/mol. The minimum Gasteiger partial charge on any atom is -0.338 e. The highest BCUT2D eigenvalue weighted by molar-refractivity contribution is 7.89. The van der Waals surface area contributed by atoms with Crippen molar-refractivity contribution >= 4 is 16.1 Å². The fourth-order valence-electron chi connectivity index (χ4n) is 4.44. The normalized spacial score (nSPS) is 21.7. The quantitative estimate of drug-likeness (QED) is 0.729. The van der Waals surface area contributed by atoms with Crippen LogP contribution in [0.1, 0.15) is 63.4 Å². The van der Waals surface area contributed by atoms with E-state index in [1.807, 2.05) is 0 Å². The predicted molar refractivity (Wildman–Crippen MR) is 111 cm³/mol. The molecule has 1 aromatic carbocycles. The molecule has 2 fully saturated rings. The largest absolute Gasteiger partial charge is 0.338 e. The van der Waals surface area contributed by atoms with Gasteiger partial charge in [0.2, 0.25) is 10.0 Å². The molecule has 0 radical (unpaired) electrons. The molecule has 6 nitrogen and oxygen atoms in total. The van der Waals surface area contributed by atoms with Gasteiger partial charge in [-0.15, -0.1) is 0 Å². The lowest BCUT2D eigenvalue weighted by Crippen LogP contribution is -2.47. The number of hydrogen-bond acceptors (Lipinski definition) is 3. The van der Waals surface area contributed by atoms with E-state index in [0.29, 0.717) is 25.1 Å². The Kier molecular flexibility index (Phi) is 7.51. The van der Waals surface area contributed by atoms with Gasteiger partial charge in [0, 0.05) is 25.2 Å². The molecule has 1 aliphatic heterocycles. The highest BCUT2D eigenvalue weighted by Gasteiger charge is 2.34. The van der Waals surface area contributed by atoms with Gasteiger partial charge in [0.25, 0.3) is 0 Å². The van der Waals surface area contributed by atoms with Crippen molar-refractivity contribution in [3.8, 4) is 0 Å². The Bertz CT molecular complexity index is 809. The summed E-state index contributed by atoms with van der Waals surface area (Å²) >= 11 is 0. The van der Waals surface area contributed by atoms with Crippen LogP contribution < -0.4 is 10.6 Å². The van der Waals surface area contributed by atoms with Crippen LogP contribution in [-0.2, 0) is 10.0 Å². The summed E-state index contributed by atoms with van der Waals surface area (Å²) < 4.78 is 41.3. The third-order valence-electron chi connectivity index (χ3n) is 6.00. The molecule has 1 saturated heterocycles. The smallest absolute Gasteiger partial charge is 0.315 e. The molecule has 1 saturated carbocycles. The van der Waals surface area contributed by atoms with E-state index in [0.717, 1.165) is 44.9 Å². The highest BCUT2D eigenvalue weighted by Crippen LogP contribution is 2.28. The number of sulfonamides is 1. The number of benzene rings is 1. The molecule has 1 atom stereocenters. The van der Waals surface area contributed by atoms with E-state index in [2.05, 4.69) is 10.6 Å². The van der Waals surface area contributed by atoms with E-state index >= 15 is 0 Å². The van der Waals surface area contributed by atoms with Gasteiger partial charge in [-0.3, -0.25) is 0 Å². The molecule has 0 spiro atoms. The number of aryl methyl sites for hydroxylation is 1. The molecule has 8 heteroatoms. The number of hydrogen-bond donors (Lipinski definition) is 2. The third-order valence-corrected chi connectivity index (χ3v) is 8.11. The van der Waals surface area contributed by atoms with Crippen molar-refractivity contribution < 1.29 is 17.6 Å². The highest BCUT2D eigenvalue weighted by atomic mass is 32.2. The molecule has 2 aliphatic rings. The average Bonchev–Trinajstić information content (AvgIpc) is 2.69. The molecular formula is C21H32FN3O3S. The van der Waals surface area contributed by atoms with Gasteiger partial charge in [0.15, 0.2) is 0 Å². The maximum atomic E-state index is 13.4. The van der Waals surface area contributed by atoms with Gasteiger partial charge in [-0.1, -0.05) is 25.7 Å². The Labute approximate surface area is 173 Å². The molecule has 1 aromatic rings. The summed E-state index contributed by atoms with van der Waals surface area (Å²) in [6.45, 7) is 2.50. The second kappa shape index (κ2) is 9.89. The van der Waals surface area contributed by atoms with Crippen LogP contribution >= 0.6 is 0 Å². The van der Waals surface area contributed by atoms with Crippen LogP contribution in [0.2, 0.25) is 0 Å². The van der Waals surface area contributed by atoms with Crippen molar-refractivity contribution in [3.63, 3.8) is 0 Å². The Hall–Kier alpha value is -1.67. The van der Waals surface area contributed by atoms with E-state index in [4.69, 9.17) is 0 Å². The van der Waals surface area contributed by atoms with Gasteiger partial charge < -0.3 is 10.6 Å². The summed E-state index contributed by atoms with van der Waals surface area (Å²) in [4.78, 5) is 12.3. The summed E-state index contributed by atoms with van der Waals surface area (Å²) in [6.07, 6.45) is 8.71. The molecule has 0 aromatic heterocycles. The van der Waals surface area contributed by atoms with Crippen LogP contribution in [0.5, 0.6) is 0 Å². The van der Waals surface area contributed by atoms with Crippen LogP contribution in [0, 0.1) is 12.7 Å². The molecule has 162 valence electrons. The van der Waals surface area contributed by atoms with Crippen LogP contribution in [0.3, 0.4) is 0 Å². The summed E-state index contributed by atoms with van der Waals surface area (Å²) in [5, 5.41) is 5.91. The van der Waals surface area contributed by atoms with Crippen molar-refractivity contribution in [2.24, 2.45) is 0 Å². The van der Waals surface area contributed by atoms with Gasteiger partial charge in [-0.25, -0.2) is 17.6 Å². The van der Waals surface area contributed by atoms with E-state index in [9.17, 15) is 17.6 Å². The number of rotatable bonds is 6. The summed E-state index contributed by atoms with van der Waals surface area (Å²) in [5.74, 6) is -0.440. The van der Waals surface area contributed by atoms with Crippen molar-refractivity contribution in [3.05, 3.63) is 29.6 Å². The zero-order valence-electron chi connectivity index (χ0n) is 17.1. The third kappa shape index (κ3) is 5.69. The van der Waals surface area contributed by atoms with Crippen molar-refractivity contribution in [1.29, 1.82) is 0 Å². The van der Waals surface area contributed by atoms with Crippen molar-refractivity contribution in [2.45, 2.75) is 81.7 Å². The van der Waals surface area contributed by atoms with Crippen LogP contribution in [0.25, 0.3) is 0 Å². The van der Waals surface area contributed by atoms with Crippen LogP contribution in [0.15, 0.2) is 23.1 Å². The number of carbonyl (C=O) groups is 1. The Balaban J connectivity index is 1.58. The fourth-order valence-corrected chi connectivity index (χ4v) is 6.37. The van der Waals surface area contributed by atoms with E-state index in [1.165, 1.54) is 28.9 Å². The monoisotopic (exact) mass is 425 g/mol. The predicted octanol–water partition coefficient (Wildman–Crippen LogP) is 3.70. The second-order valence-electron chi connectivity index (χ2n) is 8.20. The lowest BCUT2D eigenvalue weighted by atomic mass is 9.96. The molecule has 0 bridgehead atoms. The standard InChI is InChI=1S/C21H32FN3O3S/c1-16-15-17(22)10-11-20(16)29(27,28)25-14-6-5-9-19(25)12-13-23-21(26)24-18-7-3-2-4-8-18/h10-11,15,18-19H,2-9,12-14H2,1H3,(H2,23,24,26). The fraction of sp³-hybridized carbons (Fsp3) is 0.667. The molecule has 1 unspecified atom stereocenters. The number of amides is 2. The van der Waals surface area contributed by atoms with Crippen molar-refractivity contribution in [1.82, 2.24) is 14.9 Å². The number of urea groups is 1. The first kappa shape index (κ1) is 22.0. The minimum absolute atomic E-state index is 0.159. The van der Waals surface area contributed by atoms with Gasteiger partial charge in [-0.05, 0) is 62.8 Å². The number of nitrogens with zero attached hydrogens (tertiary/aromatic N) is 1. The van der Waals surface area contributed by atoms with Crippen molar-refractivity contribution in [2.75, 3.05) is 13.1 Å². The minimum atomic E-state index is -3.69. The number of piperidine rings is 1. The first-order chi connectivity index (χ1) is 13.9. The number of halogens is 1. The summed E-state index contributed by atoms with van der Waals surface area (Å²) in [7, 11) is -3.69. The summed E-state index contributed by atoms with van der Waals surface area (Å²) in [6, 6.07) is 3.71. The Morgan fingerprint density at radius 2 is 1.86 bits per heavy atom. The molecule has 1 aliphatic carbocycles. The SMILES string of the molecule is Cc1cc(F)ccc1S(=O)(=O)N1CCCCC1CCNC(=O)NC1CCCCC1. The molecule has 1 heterocycles. The maximum absolute atomic E-state index is 13.4. The van der Waals surface area contributed by atoms with Gasteiger partial charge in [0.05, 0.1) is 4.90 Å². The maximum Gasteiger partial charge on any atom is 0.315 e. The van der Waals surface area contributed by atoms with Crippen LogP contribution in [-0.4, -0.2) is 43.9 Å². The first-order valence-corrected chi connectivity index (χ1v) is 12.1. The van der Waals surface area contributed by atoms with E-state index in [1.54, 1.807) is 6.92 Å². The molecule has 29 heavy (non-hydrogen) atoms. The summed E-state index contributed by atoms with van der Waals surface area (Å²) in [5.41, 5.74) is 0.416. The Morgan fingerprint density at radius 3 is 2.59 bits per heavy atom. The van der Waals surface area contributed by atoms with Gasteiger partial charge >= 0.3 is 6.03 Å². The lowest BCUT2D eigenvalue weighted by molar-refractivity contribution is 0.224. The number of carbonyl (C=O) groups excluding carboxylic acids is 1. The van der Waals surface area contributed by atoms with Gasteiger partial charge in [0.1, 0.15) is 5.82 Å². The molecule has 2 amide bonds. The molecule has 2 N–H and O–H groups in total. The number of nitrogens with one attached hydrogen (secondary N) is 2. The second-order valence-corrected chi connectivity index (χ2v) is 10.1. The zero-order valence-corrected chi connectivity index (χ0v) is 17.9. The molecule has 3 rings (SSSR count). The first-order valence-electron chi connectivity index (χ1n) is 10.7. The van der Waals surface area contributed by atoms with Gasteiger partial charge in [-0.2, -0.15) is 4.31 Å². The topological polar surface area (TPSA) is 78.5 Å².